The summed E-state index contributed by atoms with van der Waals surface area (Å²) in [4.78, 5) is 26.7. The summed E-state index contributed by atoms with van der Waals surface area (Å²) in [5.74, 6) is -1.13. The summed E-state index contributed by atoms with van der Waals surface area (Å²) in [5, 5.41) is 2.70. The van der Waals surface area contributed by atoms with Crippen LogP contribution in [0.25, 0.3) is 11.1 Å². The molecular formula is C15H19N3O4. The molecule has 0 saturated heterocycles. The molecule has 0 unspecified atom stereocenters. The van der Waals surface area contributed by atoms with Crippen molar-refractivity contribution in [2.24, 2.45) is 5.73 Å². The Morgan fingerprint density at radius 1 is 1.36 bits per heavy atom. The first-order chi connectivity index (χ1) is 10.6. The Hall–Kier alpha value is -2.41. The van der Waals surface area contributed by atoms with Crippen LogP contribution in [0.1, 0.15) is 36.9 Å². The Labute approximate surface area is 127 Å². The molecule has 0 fully saturated rings. The fourth-order valence-electron chi connectivity index (χ4n) is 1.93. The number of ether oxygens (including phenoxy) is 1. The number of unbranched alkanes of at least 4 members (excludes halogenated alkanes) is 2. The van der Waals surface area contributed by atoms with E-state index in [-0.39, 0.29) is 18.4 Å². The standard InChI is InChI=1S/C15H19N3O4/c1-2-3-4-7-21-9-13(19)17-10-5-6-12-11(8-10)18-15(22-12)14(16)20/h5-6,8H,2-4,7,9H2,1H3,(H2,16,20)(H,17,19). The highest BCUT2D eigenvalue weighted by Gasteiger charge is 2.11. The number of aromatic nitrogens is 1. The number of benzene rings is 1. The third-order valence-electron chi connectivity index (χ3n) is 3.01. The molecule has 22 heavy (non-hydrogen) atoms. The van der Waals surface area contributed by atoms with E-state index in [0.717, 1.165) is 19.3 Å². The Balaban J connectivity index is 1.90. The summed E-state index contributed by atoms with van der Waals surface area (Å²) >= 11 is 0. The first-order valence-electron chi connectivity index (χ1n) is 7.18. The van der Waals surface area contributed by atoms with Gasteiger partial charge < -0.3 is 20.2 Å². The summed E-state index contributed by atoms with van der Waals surface area (Å²) in [6.07, 6.45) is 3.15. The van der Waals surface area contributed by atoms with Gasteiger partial charge in [0.15, 0.2) is 5.58 Å². The van der Waals surface area contributed by atoms with E-state index < -0.39 is 5.91 Å². The van der Waals surface area contributed by atoms with Gasteiger partial charge in [-0.15, -0.1) is 0 Å². The lowest BCUT2D eigenvalue weighted by Crippen LogP contribution is -2.18. The number of fused-ring (bicyclic) bond motifs is 1. The van der Waals surface area contributed by atoms with Crippen molar-refractivity contribution in [2.75, 3.05) is 18.5 Å². The fraction of sp³-hybridized carbons (Fsp3) is 0.400. The van der Waals surface area contributed by atoms with Crippen LogP contribution in [0.4, 0.5) is 5.69 Å². The second-order valence-corrected chi connectivity index (χ2v) is 4.87. The van der Waals surface area contributed by atoms with Crippen molar-refractivity contribution in [2.45, 2.75) is 26.2 Å². The molecule has 3 N–H and O–H groups in total. The number of carbonyl (C=O) groups is 2. The van der Waals surface area contributed by atoms with Crippen LogP contribution in [0, 0.1) is 0 Å². The van der Waals surface area contributed by atoms with Gasteiger partial charge in [0, 0.05) is 12.3 Å². The van der Waals surface area contributed by atoms with E-state index >= 15 is 0 Å². The van der Waals surface area contributed by atoms with E-state index in [1.165, 1.54) is 0 Å². The Kier molecular flexibility index (Phi) is 5.48. The van der Waals surface area contributed by atoms with Crippen LogP contribution < -0.4 is 11.1 Å². The molecular weight excluding hydrogens is 286 g/mol. The van der Waals surface area contributed by atoms with Gasteiger partial charge in [0.25, 0.3) is 5.89 Å². The lowest BCUT2D eigenvalue weighted by atomic mass is 10.3. The summed E-state index contributed by atoms with van der Waals surface area (Å²) in [7, 11) is 0. The predicted octanol–water partition coefficient (Wildman–Crippen LogP) is 2.07. The average Bonchev–Trinajstić information content (AvgIpc) is 2.90. The molecule has 0 bridgehead atoms. The molecule has 7 heteroatoms. The molecule has 1 aromatic carbocycles. The van der Waals surface area contributed by atoms with Gasteiger partial charge in [-0.2, -0.15) is 0 Å². The van der Waals surface area contributed by atoms with E-state index in [1.807, 2.05) is 0 Å². The molecule has 2 aromatic rings. The maximum absolute atomic E-state index is 11.7. The van der Waals surface area contributed by atoms with Crippen LogP contribution in [0.15, 0.2) is 22.6 Å². The van der Waals surface area contributed by atoms with Crippen molar-refractivity contribution < 1.29 is 18.7 Å². The van der Waals surface area contributed by atoms with Crippen molar-refractivity contribution in [1.29, 1.82) is 0 Å². The topological polar surface area (TPSA) is 107 Å². The van der Waals surface area contributed by atoms with Gasteiger partial charge in [0.2, 0.25) is 5.91 Å². The monoisotopic (exact) mass is 305 g/mol. The first kappa shape index (κ1) is 16.0. The highest BCUT2D eigenvalue weighted by atomic mass is 16.5. The van der Waals surface area contributed by atoms with Crippen molar-refractivity contribution in [3.05, 3.63) is 24.1 Å². The normalized spacial score (nSPS) is 10.8. The number of oxazole rings is 1. The number of nitrogens with zero attached hydrogens (tertiary/aromatic N) is 1. The Morgan fingerprint density at radius 2 is 2.18 bits per heavy atom. The zero-order chi connectivity index (χ0) is 15.9. The van der Waals surface area contributed by atoms with E-state index in [0.29, 0.717) is 23.4 Å². The zero-order valence-corrected chi connectivity index (χ0v) is 12.4. The van der Waals surface area contributed by atoms with Gasteiger partial charge in [0.05, 0.1) is 0 Å². The highest BCUT2D eigenvalue weighted by molar-refractivity contribution is 5.95. The van der Waals surface area contributed by atoms with Crippen molar-refractivity contribution >= 4 is 28.6 Å². The lowest BCUT2D eigenvalue weighted by molar-refractivity contribution is -0.120. The van der Waals surface area contributed by atoms with Crippen LogP contribution >= 0.6 is 0 Å². The largest absolute Gasteiger partial charge is 0.432 e. The minimum Gasteiger partial charge on any atom is -0.432 e. The minimum absolute atomic E-state index is 0.00705. The molecule has 0 saturated carbocycles. The van der Waals surface area contributed by atoms with Crippen LogP contribution in [-0.4, -0.2) is 30.0 Å². The molecule has 7 nitrogen and oxygen atoms in total. The van der Waals surface area contributed by atoms with Gasteiger partial charge in [0.1, 0.15) is 12.1 Å². The molecule has 0 radical (unpaired) electrons. The molecule has 1 heterocycles. The summed E-state index contributed by atoms with van der Waals surface area (Å²) < 4.78 is 10.5. The van der Waals surface area contributed by atoms with Gasteiger partial charge in [-0.1, -0.05) is 19.8 Å². The minimum atomic E-state index is -0.734. The van der Waals surface area contributed by atoms with Crippen molar-refractivity contribution in [3.63, 3.8) is 0 Å². The first-order valence-corrected chi connectivity index (χ1v) is 7.18. The Morgan fingerprint density at radius 3 is 2.91 bits per heavy atom. The van der Waals surface area contributed by atoms with E-state index in [9.17, 15) is 9.59 Å². The van der Waals surface area contributed by atoms with Gasteiger partial charge in [-0.05, 0) is 24.6 Å². The Bertz CT molecular complexity index is 666. The number of carbonyl (C=O) groups excluding carboxylic acids is 2. The molecule has 118 valence electrons. The molecule has 0 spiro atoms. The molecule has 2 rings (SSSR count). The van der Waals surface area contributed by atoms with E-state index in [2.05, 4.69) is 17.2 Å². The quantitative estimate of drug-likeness (QED) is 0.726. The number of nitrogens with two attached hydrogens (primary N) is 1. The number of primary amides is 1. The maximum Gasteiger partial charge on any atom is 0.304 e. The molecule has 0 atom stereocenters. The number of anilines is 1. The van der Waals surface area contributed by atoms with Crippen molar-refractivity contribution in [3.8, 4) is 0 Å². The summed E-state index contributed by atoms with van der Waals surface area (Å²) in [5.41, 5.74) is 6.55. The zero-order valence-electron chi connectivity index (χ0n) is 12.4. The molecule has 0 aliphatic carbocycles. The number of rotatable bonds is 8. The second kappa shape index (κ2) is 7.56. The second-order valence-electron chi connectivity index (χ2n) is 4.87. The molecule has 0 aliphatic rings. The predicted molar refractivity (Wildman–Crippen MR) is 81.5 cm³/mol. The molecule has 2 amide bonds. The lowest BCUT2D eigenvalue weighted by Gasteiger charge is -2.06. The van der Waals surface area contributed by atoms with Crippen LogP contribution in [0.3, 0.4) is 0 Å². The van der Waals surface area contributed by atoms with Gasteiger partial charge in [-0.3, -0.25) is 9.59 Å². The summed E-state index contributed by atoms with van der Waals surface area (Å²) in [6, 6.07) is 4.89. The smallest absolute Gasteiger partial charge is 0.304 e. The maximum atomic E-state index is 11.7. The third kappa shape index (κ3) is 4.29. The highest BCUT2D eigenvalue weighted by Crippen LogP contribution is 2.19. The number of hydrogen-bond acceptors (Lipinski definition) is 5. The molecule has 0 aliphatic heterocycles. The van der Waals surface area contributed by atoms with Crippen molar-refractivity contribution in [1.82, 2.24) is 4.98 Å². The van der Waals surface area contributed by atoms with E-state index in [1.54, 1.807) is 18.2 Å². The third-order valence-corrected chi connectivity index (χ3v) is 3.01. The number of nitrogens with one attached hydrogen (secondary N) is 1. The van der Waals surface area contributed by atoms with Gasteiger partial charge in [-0.25, -0.2) is 4.98 Å². The fourth-order valence-corrected chi connectivity index (χ4v) is 1.93. The molecule has 1 aromatic heterocycles. The van der Waals surface area contributed by atoms with Gasteiger partial charge >= 0.3 is 5.91 Å². The SMILES string of the molecule is CCCCCOCC(=O)Nc1ccc2oc(C(N)=O)nc2c1. The van der Waals surface area contributed by atoms with E-state index in [4.69, 9.17) is 14.9 Å². The van der Waals surface area contributed by atoms with Crippen LogP contribution in [-0.2, 0) is 9.53 Å². The average molecular weight is 305 g/mol. The van der Waals surface area contributed by atoms with Crippen LogP contribution in [0.2, 0.25) is 0 Å². The number of amides is 2. The van der Waals surface area contributed by atoms with Crippen LogP contribution in [0.5, 0.6) is 0 Å². The summed E-state index contributed by atoms with van der Waals surface area (Å²) in [6.45, 7) is 2.69. The number of hydrogen-bond donors (Lipinski definition) is 2.